The van der Waals surface area contributed by atoms with Crippen molar-refractivity contribution in [3.8, 4) is 5.75 Å². The molecule has 0 aliphatic heterocycles. The Morgan fingerprint density at radius 3 is 2.39 bits per heavy atom. The van der Waals surface area contributed by atoms with Crippen molar-refractivity contribution in [2.24, 2.45) is 0 Å². The molecule has 2 aromatic carbocycles. The number of para-hydroxylation sites is 2. The van der Waals surface area contributed by atoms with Gasteiger partial charge in [0.05, 0.1) is 0 Å². The monoisotopic (exact) mass is 313 g/mol. The molecule has 0 aromatic heterocycles. The fourth-order valence-electron chi connectivity index (χ4n) is 2.15. The molecule has 0 radical (unpaired) electrons. The lowest BCUT2D eigenvalue weighted by Gasteiger charge is -2.21. The van der Waals surface area contributed by atoms with E-state index >= 15 is 0 Å². The van der Waals surface area contributed by atoms with Crippen LogP contribution in [0.25, 0.3) is 0 Å². The lowest BCUT2D eigenvalue weighted by Crippen LogP contribution is -2.37. The fraction of sp³-hybridized carbons (Fsp3) is 0.222. The van der Waals surface area contributed by atoms with E-state index in [0.29, 0.717) is 11.3 Å². The van der Waals surface area contributed by atoms with Crippen LogP contribution < -0.4 is 4.90 Å². The highest BCUT2D eigenvalue weighted by Gasteiger charge is 2.24. The zero-order valence-electron chi connectivity index (χ0n) is 13.3. The Kier molecular flexibility index (Phi) is 5.01. The number of benzene rings is 2. The van der Waals surface area contributed by atoms with Crippen LogP contribution in [-0.2, 0) is 9.53 Å². The van der Waals surface area contributed by atoms with E-state index in [4.69, 9.17) is 4.74 Å². The van der Waals surface area contributed by atoms with E-state index in [0.717, 1.165) is 0 Å². The van der Waals surface area contributed by atoms with Gasteiger partial charge in [-0.05, 0) is 37.6 Å². The van der Waals surface area contributed by atoms with Crippen molar-refractivity contribution in [3.63, 3.8) is 0 Å². The molecular weight excluding hydrogens is 294 g/mol. The molecule has 0 aliphatic carbocycles. The second kappa shape index (κ2) is 6.96. The van der Waals surface area contributed by atoms with E-state index in [2.05, 4.69) is 0 Å². The number of aryl methyl sites for hydroxylation is 1. The van der Waals surface area contributed by atoms with Gasteiger partial charge in [-0.25, -0.2) is 4.79 Å². The number of phenols is 1. The van der Waals surface area contributed by atoms with Crippen LogP contribution in [0.3, 0.4) is 0 Å². The third-order valence-corrected chi connectivity index (χ3v) is 3.56. The van der Waals surface area contributed by atoms with Gasteiger partial charge < -0.3 is 14.7 Å². The molecule has 120 valence electrons. The van der Waals surface area contributed by atoms with Crippen molar-refractivity contribution in [1.29, 1.82) is 0 Å². The van der Waals surface area contributed by atoms with Crippen molar-refractivity contribution in [2.75, 3.05) is 11.9 Å². The van der Waals surface area contributed by atoms with Gasteiger partial charge in [-0.2, -0.15) is 0 Å². The molecule has 5 heteroatoms. The van der Waals surface area contributed by atoms with Gasteiger partial charge in [0.1, 0.15) is 11.3 Å². The molecule has 0 bridgehead atoms. The number of ether oxygens (including phenoxy) is 1. The quantitative estimate of drug-likeness (QED) is 0.881. The molecular formula is C18H19NO4. The summed E-state index contributed by atoms with van der Waals surface area (Å²) in [6, 6.07) is 13.9. The molecule has 0 unspecified atom stereocenters. The van der Waals surface area contributed by atoms with Crippen LogP contribution in [0.5, 0.6) is 5.75 Å². The maximum Gasteiger partial charge on any atom is 0.342 e. The van der Waals surface area contributed by atoms with E-state index in [-0.39, 0.29) is 17.2 Å². The highest BCUT2D eigenvalue weighted by molar-refractivity contribution is 5.99. The summed E-state index contributed by atoms with van der Waals surface area (Å²) >= 11 is 0. The van der Waals surface area contributed by atoms with Gasteiger partial charge in [-0.15, -0.1) is 0 Å². The number of phenolic OH excluding ortho intramolecular Hbond substituents is 1. The average Bonchev–Trinajstić information content (AvgIpc) is 2.56. The first kappa shape index (κ1) is 16.5. The molecule has 2 aromatic rings. The van der Waals surface area contributed by atoms with Gasteiger partial charge in [-0.1, -0.05) is 30.3 Å². The van der Waals surface area contributed by atoms with Crippen LogP contribution >= 0.6 is 0 Å². The topological polar surface area (TPSA) is 66.8 Å². The number of likely N-dealkylation sites (N-methyl/N-ethyl adjacent to an activating group) is 1. The molecule has 0 heterocycles. The standard InChI is InChI=1S/C18H19NO4/c1-12-8-7-11-15(16(12)20)18(22)23-13(2)17(21)19(3)14-9-5-4-6-10-14/h4-11,13,20H,1-3H3/t13-/m0/s1. The maximum atomic E-state index is 12.3. The van der Waals surface area contributed by atoms with Crippen LogP contribution in [0, 0.1) is 6.92 Å². The molecule has 0 aliphatic rings. The number of amides is 1. The summed E-state index contributed by atoms with van der Waals surface area (Å²) in [7, 11) is 1.62. The predicted octanol–water partition coefficient (Wildman–Crippen LogP) is 2.91. The van der Waals surface area contributed by atoms with Crippen molar-refractivity contribution < 1.29 is 19.4 Å². The maximum absolute atomic E-state index is 12.3. The molecule has 0 saturated carbocycles. The molecule has 1 atom stereocenters. The van der Waals surface area contributed by atoms with Crippen LogP contribution in [0.4, 0.5) is 5.69 Å². The minimum absolute atomic E-state index is 0.0482. The van der Waals surface area contributed by atoms with Crippen LogP contribution in [0.1, 0.15) is 22.8 Å². The summed E-state index contributed by atoms with van der Waals surface area (Å²) in [5.41, 5.74) is 1.32. The average molecular weight is 313 g/mol. The number of aromatic hydroxyl groups is 1. The molecule has 0 fully saturated rings. The summed E-state index contributed by atoms with van der Waals surface area (Å²) in [6.07, 6.45) is -0.965. The molecule has 1 N–H and O–H groups in total. The van der Waals surface area contributed by atoms with Gasteiger partial charge in [0.2, 0.25) is 0 Å². The van der Waals surface area contributed by atoms with E-state index in [1.165, 1.54) is 17.9 Å². The SMILES string of the molecule is Cc1cccc(C(=O)O[C@@H](C)C(=O)N(C)c2ccccc2)c1O. The zero-order chi connectivity index (χ0) is 17.0. The lowest BCUT2D eigenvalue weighted by molar-refractivity contribution is -0.126. The first-order chi connectivity index (χ1) is 10.9. The van der Waals surface area contributed by atoms with E-state index in [9.17, 15) is 14.7 Å². The number of carbonyl (C=O) groups is 2. The number of carbonyl (C=O) groups excluding carboxylic acids is 2. The molecule has 5 nitrogen and oxygen atoms in total. The molecule has 0 spiro atoms. The summed E-state index contributed by atoms with van der Waals surface area (Å²) in [4.78, 5) is 25.9. The van der Waals surface area contributed by atoms with Crippen molar-refractivity contribution >= 4 is 17.6 Å². The number of hydrogen-bond acceptors (Lipinski definition) is 4. The molecule has 2 rings (SSSR count). The Morgan fingerprint density at radius 2 is 1.74 bits per heavy atom. The van der Waals surface area contributed by atoms with Crippen LogP contribution in [-0.4, -0.2) is 30.1 Å². The first-order valence-corrected chi connectivity index (χ1v) is 7.24. The van der Waals surface area contributed by atoms with Gasteiger partial charge in [0, 0.05) is 12.7 Å². The van der Waals surface area contributed by atoms with E-state index in [1.54, 1.807) is 38.2 Å². The lowest BCUT2D eigenvalue weighted by atomic mass is 10.1. The third-order valence-electron chi connectivity index (χ3n) is 3.56. The summed E-state index contributed by atoms with van der Waals surface area (Å²) < 4.78 is 5.19. The molecule has 1 amide bonds. The van der Waals surface area contributed by atoms with Gasteiger partial charge in [0.15, 0.2) is 6.10 Å². The van der Waals surface area contributed by atoms with Crippen molar-refractivity contribution in [1.82, 2.24) is 0 Å². The highest BCUT2D eigenvalue weighted by Crippen LogP contribution is 2.23. The van der Waals surface area contributed by atoms with E-state index < -0.39 is 12.1 Å². The van der Waals surface area contributed by atoms with Crippen LogP contribution in [0.2, 0.25) is 0 Å². The fourth-order valence-corrected chi connectivity index (χ4v) is 2.15. The summed E-state index contributed by atoms with van der Waals surface area (Å²) in [5.74, 6) is -1.21. The summed E-state index contributed by atoms with van der Waals surface area (Å²) in [6.45, 7) is 3.19. The molecule has 23 heavy (non-hydrogen) atoms. The van der Waals surface area contributed by atoms with Gasteiger partial charge in [0.25, 0.3) is 5.91 Å². The Labute approximate surface area is 135 Å². The Hall–Kier alpha value is -2.82. The number of anilines is 1. The number of nitrogens with zero attached hydrogens (tertiary/aromatic N) is 1. The normalized spacial score (nSPS) is 11.6. The predicted molar refractivity (Wildman–Crippen MR) is 87.6 cm³/mol. The smallest absolute Gasteiger partial charge is 0.342 e. The third kappa shape index (κ3) is 3.69. The van der Waals surface area contributed by atoms with E-state index in [1.807, 2.05) is 18.2 Å². The minimum Gasteiger partial charge on any atom is -0.507 e. The van der Waals surface area contributed by atoms with Crippen molar-refractivity contribution in [3.05, 3.63) is 59.7 Å². The van der Waals surface area contributed by atoms with Gasteiger partial charge >= 0.3 is 5.97 Å². The number of esters is 1. The number of hydrogen-bond donors (Lipinski definition) is 1. The highest BCUT2D eigenvalue weighted by atomic mass is 16.5. The largest absolute Gasteiger partial charge is 0.507 e. The van der Waals surface area contributed by atoms with Crippen LogP contribution in [0.15, 0.2) is 48.5 Å². The first-order valence-electron chi connectivity index (χ1n) is 7.24. The number of rotatable bonds is 4. The summed E-state index contributed by atoms with van der Waals surface area (Å²) in [5, 5.41) is 9.91. The van der Waals surface area contributed by atoms with Gasteiger partial charge in [-0.3, -0.25) is 4.79 Å². The zero-order valence-corrected chi connectivity index (χ0v) is 13.3. The molecule has 0 saturated heterocycles. The van der Waals surface area contributed by atoms with Crippen molar-refractivity contribution in [2.45, 2.75) is 20.0 Å². The minimum atomic E-state index is -0.965. The Bertz CT molecular complexity index is 712. The Morgan fingerprint density at radius 1 is 1.09 bits per heavy atom. The second-order valence-corrected chi connectivity index (χ2v) is 5.25. The second-order valence-electron chi connectivity index (χ2n) is 5.25. The Balaban J connectivity index is 2.09.